The molecule has 0 aliphatic rings. The summed E-state index contributed by atoms with van der Waals surface area (Å²) in [4.78, 5) is 28.0. The van der Waals surface area contributed by atoms with Gasteiger partial charge in [0.1, 0.15) is 17.6 Å². The molecular formula is C21H18ClN3O3. The number of hydrogen-bond donors (Lipinski definition) is 2. The molecule has 0 saturated carbocycles. The van der Waals surface area contributed by atoms with Gasteiger partial charge in [-0.05, 0) is 35.4 Å². The third-order valence-corrected chi connectivity index (χ3v) is 4.03. The number of pyridine rings is 1. The number of ether oxygens (including phenoxy) is 1. The van der Waals surface area contributed by atoms with Crippen LogP contribution in [0.25, 0.3) is 0 Å². The maximum Gasteiger partial charge on any atom is 0.407 e. The molecule has 0 fully saturated rings. The van der Waals surface area contributed by atoms with Gasteiger partial charge in [0.25, 0.3) is 5.91 Å². The van der Waals surface area contributed by atoms with E-state index in [2.05, 4.69) is 15.6 Å². The molecule has 3 rings (SSSR count). The van der Waals surface area contributed by atoms with Crippen molar-refractivity contribution in [2.75, 3.05) is 5.32 Å². The molecule has 0 aliphatic carbocycles. The predicted molar refractivity (Wildman–Crippen MR) is 107 cm³/mol. The highest BCUT2D eigenvalue weighted by Gasteiger charge is 2.08. The largest absolute Gasteiger partial charge is 0.445 e. The van der Waals surface area contributed by atoms with Gasteiger partial charge in [-0.1, -0.05) is 60.1 Å². The average molecular weight is 396 g/mol. The van der Waals surface area contributed by atoms with Gasteiger partial charge in [0.2, 0.25) is 0 Å². The number of benzene rings is 2. The molecule has 28 heavy (non-hydrogen) atoms. The van der Waals surface area contributed by atoms with E-state index in [-0.39, 0.29) is 12.5 Å². The third-order valence-electron chi connectivity index (χ3n) is 3.82. The third kappa shape index (κ3) is 5.82. The summed E-state index contributed by atoms with van der Waals surface area (Å²) in [6.45, 7) is 0.509. The minimum atomic E-state index is -0.502. The molecule has 0 aliphatic heterocycles. The first-order chi connectivity index (χ1) is 13.6. The van der Waals surface area contributed by atoms with Crippen LogP contribution in [0.3, 0.4) is 0 Å². The molecule has 0 unspecified atom stereocenters. The molecule has 0 atom stereocenters. The van der Waals surface area contributed by atoms with Crippen LogP contribution in [0.1, 0.15) is 21.5 Å². The lowest BCUT2D eigenvalue weighted by molar-refractivity contribution is 0.102. The Labute approximate surface area is 167 Å². The Bertz CT molecular complexity index is 947. The number of carbonyl (C=O) groups is 2. The number of nitrogens with zero attached hydrogens (tertiary/aromatic N) is 1. The van der Waals surface area contributed by atoms with Crippen molar-refractivity contribution in [1.29, 1.82) is 0 Å². The summed E-state index contributed by atoms with van der Waals surface area (Å²) in [5.74, 6) is 0.0842. The van der Waals surface area contributed by atoms with Crippen molar-refractivity contribution in [3.8, 4) is 0 Å². The van der Waals surface area contributed by atoms with Crippen molar-refractivity contribution in [3.63, 3.8) is 0 Å². The Morgan fingerprint density at radius 1 is 0.893 bits per heavy atom. The zero-order chi connectivity index (χ0) is 19.8. The molecule has 2 amide bonds. The number of carbonyl (C=O) groups excluding carboxylic acids is 2. The molecular weight excluding hydrogens is 378 g/mol. The zero-order valence-corrected chi connectivity index (χ0v) is 15.6. The molecule has 142 valence electrons. The maximum atomic E-state index is 12.2. The smallest absolute Gasteiger partial charge is 0.407 e. The highest BCUT2D eigenvalue weighted by Crippen LogP contribution is 2.12. The number of alkyl carbamates (subject to hydrolysis) is 1. The van der Waals surface area contributed by atoms with E-state index in [0.717, 1.165) is 11.1 Å². The van der Waals surface area contributed by atoms with E-state index >= 15 is 0 Å². The van der Waals surface area contributed by atoms with Crippen LogP contribution in [0.2, 0.25) is 5.15 Å². The quantitative estimate of drug-likeness (QED) is 0.605. The summed E-state index contributed by atoms with van der Waals surface area (Å²) in [6, 6.07) is 21.3. The standard InChI is InChI=1S/C21H18ClN3O3/c22-18-7-4-8-19(24-18)25-20(26)17-11-9-15(10-12-17)13-23-21(27)28-14-16-5-2-1-3-6-16/h1-12H,13-14H2,(H,23,27)(H,24,25,26). The number of aromatic nitrogens is 1. The van der Waals surface area contributed by atoms with Gasteiger partial charge in [-0.25, -0.2) is 9.78 Å². The van der Waals surface area contributed by atoms with Crippen molar-refractivity contribution in [1.82, 2.24) is 10.3 Å². The molecule has 3 aromatic rings. The Morgan fingerprint density at radius 2 is 1.64 bits per heavy atom. The topological polar surface area (TPSA) is 80.3 Å². The van der Waals surface area contributed by atoms with Crippen molar-refractivity contribution in [3.05, 3.63) is 94.6 Å². The molecule has 1 aromatic heterocycles. The second-order valence-corrected chi connectivity index (χ2v) is 6.30. The molecule has 0 saturated heterocycles. The second-order valence-electron chi connectivity index (χ2n) is 5.91. The minimum Gasteiger partial charge on any atom is -0.445 e. The Kier molecular flexibility index (Phi) is 6.59. The van der Waals surface area contributed by atoms with E-state index in [1.165, 1.54) is 0 Å². The van der Waals surface area contributed by atoms with Gasteiger partial charge in [-0.15, -0.1) is 0 Å². The number of amides is 2. The van der Waals surface area contributed by atoms with Crippen molar-refractivity contribution in [2.45, 2.75) is 13.2 Å². The number of rotatable bonds is 6. The van der Waals surface area contributed by atoms with Crippen LogP contribution in [0.15, 0.2) is 72.8 Å². The lowest BCUT2D eigenvalue weighted by Gasteiger charge is -2.08. The van der Waals surface area contributed by atoms with Gasteiger partial charge in [-0.3, -0.25) is 4.79 Å². The van der Waals surface area contributed by atoms with E-state index in [4.69, 9.17) is 16.3 Å². The van der Waals surface area contributed by atoms with E-state index in [9.17, 15) is 9.59 Å². The summed E-state index contributed by atoms with van der Waals surface area (Å²) in [5, 5.41) is 5.66. The Hall–Kier alpha value is -3.38. The summed E-state index contributed by atoms with van der Waals surface area (Å²) < 4.78 is 5.16. The van der Waals surface area contributed by atoms with Gasteiger partial charge < -0.3 is 15.4 Å². The molecule has 0 radical (unpaired) electrons. The summed E-state index contributed by atoms with van der Waals surface area (Å²) >= 11 is 5.81. The first-order valence-corrected chi connectivity index (χ1v) is 8.95. The van der Waals surface area contributed by atoms with Gasteiger partial charge in [-0.2, -0.15) is 0 Å². The highest BCUT2D eigenvalue weighted by molar-refractivity contribution is 6.29. The van der Waals surface area contributed by atoms with Crippen LogP contribution in [0, 0.1) is 0 Å². The highest BCUT2D eigenvalue weighted by atomic mass is 35.5. The fourth-order valence-electron chi connectivity index (χ4n) is 2.39. The second kappa shape index (κ2) is 9.53. The molecule has 1 heterocycles. The van der Waals surface area contributed by atoms with Gasteiger partial charge in [0, 0.05) is 12.1 Å². The van der Waals surface area contributed by atoms with Crippen LogP contribution < -0.4 is 10.6 Å². The van der Waals surface area contributed by atoms with Crippen molar-refractivity contribution in [2.24, 2.45) is 0 Å². The first-order valence-electron chi connectivity index (χ1n) is 8.57. The first kappa shape index (κ1) is 19.4. The monoisotopic (exact) mass is 395 g/mol. The van der Waals surface area contributed by atoms with Gasteiger partial charge in [0.15, 0.2) is 0 Å². The van der Waals surface area contributed by atoms with Crippen LogP contribution in [0.5, 0.6) is 0 Å². The van der Waals surface area contributed by atoms with Crippen LogP contribution in [-0.2, 0) is 17.9 Å². The van der Waals surface area contributed by atoms with E-state index in [1.807, 2.05) is 30.3 Å². The van der Waals surface area contributed by atoms with E-state index < -0.39 is 6.09 Å². The van der Waals surface area contributed by atoms with Crippen LogP contribution in [0.4, 0.5) is 10.6 Å². The predicted octanol–water partition coefficient (Wildman–Crippen LogP) is 4.41. The van der Waals surface area contributed by atoms with Crippen LogP contribution >= 0.6 is 11.6 Å². The molecule has 2 N–H and O–H groups in total. The number of nitrogens with one attached hydrogen (secondary N) is 2. The average Bonchev–Trinajstić information content (AvgIpc) is 2.72. The zero-order valence-electron chi connectivity index (χ0n) is 14.9. The Balaban J connectivity index is 1.47. The van der Waals surface area contributed by atoms with Gasteiger partial charge >= 0.3 is 6.09 Å². The molecule has 7 heteroatoms. The SMILES string of the molecule is O=C(NCc1ccc(C(=O)Nc2cccc(Cl)n2)cc1)OCc1ccccc1. The summed E-state index contributed by atoms with van der Waals surface area (Å²) in [6.07, 6.45) is -0.502. The molecule has 0 spiro atoms. The van der Waals surface area contributed by atoms with Crippen molar-refractivity contribution >= 4 is 29.4 Å². The fraction of sp³-hybridized carbons (Fsp3) is 0.0952. The number of halogens is 1. The molecule has 0 bridgehead atoms. The molecule has 6 nitrogen and oxygen atoms in total. The summed E-state index contributed by atoms with van der Waals surface area (Å²) in [5.41, 5.74) is 2.23. The number of hydrogen-bond acceptors (Lipinski definition) is 4. The normalized spacial score (nSPS) is 10.2. The van der Waals surface area contributed by atoms with E-state index in [0.29, 0.717) is 23.1 Å². The number of anilines is 1. The van der Waals surface area contributed by atoms with Crippen molar-refractivity contribution < 1.29 is 14.3 Å². The lowest BCUT2D eigenvalue weighted by atomic mass is 10.1. The maximum absolute atomic E-state index is 12.2. The lowest BCUT2D eigenvalue weighted by Crippen LogP contribution is -2.23. The fourth-order valence-corrected chi connectivity index (χ4v) is 2.55. The minimum absolute atomic E-state index is 0.212. The Morgan fingerprint density at radius 3 is 2.36 bits per heavy atom. The molecule has 2 aromatic carbocycles. The van der Waals surface area contributed by atoms with Gasteiger partial charge in [0.05, 0.1) is 0 Å². The summed E-state index contributed by atoms with van der Waals surface area (Å²) in [7, 11) is 0. The van der Waals surface area contributed by atoms with E-state index in [1.54, 1.807) is 42.5 Å². The van der Waals surface area contributed by atoms with Crippen LogP contribution in [-0.4, -0.2) is 17.0 Å².